The number of hydrogen-bond donors (Lipinski definition) is 1. The molecule has 0 aliphatic carbocycles. The van der Waals surface area contributed by atoms with E-state index in [1.165, 1.54) is 18.2 Å². The van der Waals surface area contributed by atoms with Crippen molar-refractivity contribution < 1.29 is 26.3 Å². The van der Waals surface area contributed by atoms with Crippen LogP contribution in [0.5, 0.6) is 5.75 Å². The van der Waals surface area contributed by atoms with E-state index in [1.807, 2.05) is 0 Å². The molecule has 0 spiro atoms. The van der Waals surface area contributed by atoms with E-state index in [1.54, 1.807) is 6.07 Å². The van der Waals surface area contributed by atoms with Crippen LogP contribution in [-0.4, -0.2) is 8.42 Å². The van der Waals surface area contributed by atoms with E-state index in [0.717, 1.165) is 12.1 Å². The van der Waals surface area contributed by atoms with E-state index in [2.05, 4.69) is 0 Å². The van der Waals surface area contributed by atoms with Crippen LogP contribution in [0.3, 0.4) is 0 Å². The molecule has 2 aromatic carbocycles. The van der Waals surface area contributed by atoms with Gasteiger partial charge in [0.2, 0.25) is 10.0 Å². The molecule has 1 aliphatic rings. The second kappa shape index (κ2) is 5.65. The summed E-state index contributed by atoms with van der Waals surface area (Å²) in [7, 11) is -3.89. The summed E-state index contributed by atoms with van der Waals surface area (Å²) in [6.45, 7) is 0. The van der Waals surface area contributed by atoms with Gasteiger partial charge >= 0.3 is 6.18 Å². The highest BCUT2D eigenvalue weighted by atomic mass is 35.5. The van der Waals surface area contributed by atoms with Gasteiger partial charge in [0.1, 0.15) is 11.9 Å². The monoisotopic (exact) mass is 377 g/mol. The lowest BCUT2D eigenvalue weighted by molar-refractivity contribution is -0.137. The average Bonchev–Trinajstić information content (AvgIpc) is 2.90. The minimum atomic E-state index is -4.51. The quantitative estimate of drug-likeness (QED) is 0.867. The van der Waals surface area contributed by atoms with Gasteiger partial charge in [-0.3, -0.25) is 0 Å². The van der Waals surface area contributed by atoms with Crippen LogP contribution < -0.4 is 9.88 Å². The normalized spacial score (nSPS) is 17.5. The first-order chi connectivity index (χ1) is 11.1. The van der Waals surface area contributed by atoms with Crippen LogP contribution in [0.15, 0.2) is 41.3 Å². The predicted molar refractivity (Wildman–Crippen MR) is 81.3 cm³/mol. The first-order valence-corrected chi connectivity index (χ1v) is 8.67. The van der Waals surface area contributed by atoms with Crippen LogP contribution in [0.2, 0.25) is 5.02 Å². The molecule has 0 radical (unpaired) electrons. The Bertz CT molecular complexity index is 913. The molecule has 4 nitrogen and oxygen atoms in total. The highest BCUT2D eigenvalue weighted by Crippen LogP contribution is 2.44. The molecule has 2 aromatic rings. The SMILES string of the molecule is NS(=O)(=O)c1cccc(C2Cc3cc(C(F)(F)F)cc(Cl)c3O2)c1. The van der Waals surface area contributed by atoms with Crippen LogP contribution in [0.1, 0.15) is 22.8 Å². The summed E-state index contributed by atoms with van der Waals surface area (Å²) in [5, 5.41) is 4.95. The number of rotatable bonds is 2. The van der Waals surface area contributed by atoms with Crippen molar-refractivity contribution in [2.75, 3.05) is 0 Å². The molecular weight excluding hydrogens is 367 g/mol. The first-order valence-electron chi connectivity index (χ1n) is 6.75. The molecule has 3 rings (SSSR count). The van der Waals surface area contributed by atoms with Crippen molar-refractivity contribution in [3.63, 3.8) is 0 Å². The zero-order valence-corrected chi connectivity index (χ0v) is 13.5. The Morgan fingerprint density at radius 2 is 1.92 bits per heavy atom. The largest absolute Gasteiger partial charge is 0.484 e. The Morgan fingerprint density at radius 3 is 2.54 bits per heavy atom. The van der Waals surface area contributed by atoms with Crippen molar-refractivity contribution in [2.45, 2.75) is 23.6 Å². The number of ether oxygens (including phenoxy) is 1. The molecular formula is C15H11ClF3NO3S. The summed E-state index contributed by atoms with van der Waals surface area (Å²) < 4.78 is 67.0. The topological polar surface area (TPSA) is 69.4 Å². The fraction of sp³-hybridized carbons (Fsp3) is 0.200. The van der Waals surface area contributed by atoms with Gasteiger partial charge in [0, 0.05) is 12.0 Å². The lowest BCUT2D eigenvalue weighted by Crippen LogP contribution is -2.13. The van der Waals surface area contributed by atoms with Crippen LogP contribution in [0.25, 0.3) is 0 Å². The zero-order valence-electron chi connectivity index (χ0n) is 12.0. The fourth-order valence-corrected chi connectivity index (χ4v) is 3.41. The van der Waals surface area contributed by atoms with Gasteiger partial charge in [-0.15, -0.1) is 0 Å². The van der Waals surface area contributed by atoms with Crippen molar-refractivity contribution in [3.05, 3.63) is 58.1 Å². The molecule has 128 valence electrons. The Labute approximate surface area is 141 Å². The summed E-state index contributed by atoms with van der Waals surface area (Å²) >= 11 is 5.90. The Kier molecular flexibility index (Phi) is 4.01. The zero-order chi connectivity index (χ0) is 17.7. The van der Waals surface area contributed by atoms with E-state index in [4.69, 9.17) is 21.5 Å². The summed E-state index contributed by atoms with van der Waals surface area (Å²) in [5.74, 6) is 0.177. The molecule has 9 heteroatoms. The molecule has 0 amide bonds. The van der Waals surface area contributed by atoms with Gasteiger partial charge in [-0.1, -0.05) is 23.7 Å². The number of benzene rings is 2. The van der Waals surface area contributed by atoms with E-state index in [0.29, 0.717) is 11.1 Å². The molecule has 0 aromatic heterocycles. The smallest absolute Gasteiger partial charge is 0.416 e. The number of hydrogen-bond acceptors (Lipinski definition) is 3. The van der Waals surface area contributed by atoms with Gasteiger partial charge in [0.15, 0.2) is 0 Å². The van der Waals surface area contributed by atoms with Gasteiger partial charge in [-0.05, 0) is 29.8 Å². The highest BCUT2D eigenvalue weighted by Gasteiger charge is 2.35. The van der Waals surface area contributed by atoms with Gasteiger partial charge < -0.3 is 4.74 Å². The Balaban J connectivity index is 1.96. The van der Waals surface area contributed by atoms with E-state index < -0.39 is 27.9 Å². The number of fused-ring (bicyclic) bond motifs is 1. The Morgan fingerprint density at radius 1 is 1.21 bits per heavy atom. The highest BCUT2D eigenvalue weighted by molar-refractivity contribution is 7.89. The van der Waals surface area contributed by atoms with Gasteiger partial charge in [-0.2, -0.15) is 13.2 Å². The van der Waals surface area contributed by atoms with Gasteiger partial charge in [0.25, 0.3) is 0 Å². The minimum Gasteiger partial charge on any atom is -0.484 e. The predicted octanol–water partition coefficient (Wildman–Crippen LogP) is 3.68. The van der Waals surface area contributed by atoms with E-state index >= 15 is 0 Å². The lowest BCUT2D eigenvalue weighted by Gasteiger charge is -2.12. The number of halogens is 4. The van der Waals surface area contributed by atoms with Gasteiger partial charge in [-0.25, -0.2) is 13.6 Å². The molecule has 0 saturated heterocycles. The van der Waals surface area contributed by atoms with Crippen molar-refractivity contribution in [1.29, 1.82) is 0 Å². The molecule has 0 bridgehead atoms. The van der Waals surface area contributed by atoms with Crippen LogP contribution in [-0.2, 0) is 22.6 Å². The Hall–Kier alpha value is -1.77. The molecule has 0 fully saturated rings. The van der Waals surface area contributed by atoms with Crippen molar-refractivity contribution >= 4 is 21.6 Å². The second-order valence-corrected chi connectivity index (χ2v) is 7.34. The molecule has 1 aliphatic heterocycles. The van der Waals surface area contributed by atoms with Crippen LogP contribution in [0.4, 0.5) is 13.2 Å². The van der Waals surface area contributed by atoms with Gasteiger partial charge in [0.05, 0.1) is 15.5 Å². The third-order valence-corrected chi connectivity index (χ3v) is 4.86. The number of sulfonamides is 1. The standard InChI is InChI=1S/C15H11ClF3NO3S/c16-12-7-10(15(17,18)19)4-9-6-13(23-14(9)12)8-2-1-3-11(5-8)24(20,21)22/h1-5,7,13H,6H2,(H2,20,21,22). The summed E-state index contributed by atoms with van der Waals surface area (Å²) in [6, 6.07) is 7.57. The third-order valence-electron chi connectivity index (χ3n) is 3.67. The molecule has 0 saturated carbocycles. The molecule has 1 heterocycles. The maximum absolute atomic E-state index is 12.9. The molecule has 2 N–H and O–H groups in total. The van der Waals surface area contributed by atoms with Crippen molar-refractivity contribution in [1.82, 2.24) is 0 Å². The summed E-state index contributed by atoms with van der Waals surface area (Å²) in [6.07, 6.45) is -5.00. The van der Waals surface area contributed by atoms with Crippen LogP contribution >= 0.6 is 11.6 Å². The second-order valence-electron chi connectivity index (χ2n) is 5.37. The number of nitrogens with two attached hydrogens (primary N) is 1. The lowest BCUT2D eigenvalue weighted by atomic mass is 10.0. The maximum atomic E-state index is 12.9. The minimum absolute atomic E-state index is 0.0957. The summed E-state index contributed by atoms with van der Waals surface area (Å²) in [4.78, 5) is -0.0957. The van der Waals surface area contributed by atoms with Crippen molar-refractivity contribution in [2.24, 2.45) is 5.14 Å². The maximum Gasteiger partial charge on any atom is 0.416 e. The number of alkyl halides is 3. The number of primary sulfonamides is 1. The fourth-order valence-electron chi connectivity index (χ4n) is 2.56. The molecule has 24 heavy (non-hydrogen) atoms. The third kappa shape index (κ3) is 3.22. The van der Waals surface area contributed by atoms with E-state index in [9.17, 15) is 21.6 Å². The van der Waals surface area contributed by atoms with Crippen LogP contribution in [0, 0.1) is 0 Å². The molecule has 1 unspecified atom stereocenters. The van der Waals surface area contributed by atoms with Crippen molar-refractivity contribution in [3.8, 4) is 5.75 Å². The summed E-state index contributed by atoms with van der Waals surface area (Å²) in [5.41, 5.74) is -0.0445. The van der Waals surface area contributed by atoms with E-state index in [-0.39, 0.29) is 22.1 Å². The first kappa shape index (κ1) is 17.1. The molecule has 1 atom stereocenters. The average molecular weight is 378 g/mol.